The molecule has 226 valence electrons. The van der Waals surface area contributed by atoms with Crippen molar-refractivity contribution in [2.75, 3.05) is 29.8 Å². The predicted molar refractivity (Wildman–Crippen MR) is 140 cm³/mol. The van der Waals surface area contributed by atoms with Crippen LogP contribution in [0.5, 0.6) is 5.75 Å². The zero-order chi connectivity index (χ0) is 30.4. The number of fused-ring (bicyclic) bond motifs is 1. The van der Waals surface area contributed by atoms with Gasteiger partial charge < -0.3 is 9.47 Å². The second kappa shape index (κ2) is 10.9. The van der Waals surface area contributed by atoms with Crippen molar-refractivity contribution in [2.45, 2.75) is 55.5 Å². The number of benzene rings is 2. The SMILES string of the molecule is CN(C1CC1)S(=O)(=O)NCC1CN(S(=O)(=O)c2ccc(F)cc2)c2cc(NC(=O)OC(C)(C)C(F)(F)F)ccc2O1. The van der Waals surface area contributed by atoms with Gasteiger partial charge in [0.1, 0.15) is 17.7 Å². The monoisotopic (exact) mass is 624 g/mol. The van der Waals surface area contributed by atoms with Gasteiger partial charge in [-0.05, 0) is 69.2 Å². The summed E-state index contributed by atoms with van der Waals surface area (Å²) in [6.07, 6.45) is -5.84. The molecule has 4 rings (SSSR count). The molecule has 1 unspecified atom stereocenters. The van der Waals surface area contributed by atoms with Gasteiger partial charge >= 0.3 is 12.3 Å². The zero-order valence-corrected chi connectivity index (χ0v) is 23.7. The van der Waals surface area contributed by atoms with Crippen LogP contribution >= 0.6 is 0 Å². The smallest absolute Gasteiger partial charge is 0.427 e. The van der Waals surface area contributed by atoms with Gasteiger partial charge in [0.25, 0.3) is 20.2 Å². The van der Waals surface area contributed by atoms with E-state index in [-0.39, 0.29) is 34.6 Å². The van der Waals surface area contributed by atoms with Gasteiger partial charge in [0, 0.05) is 18.8 Å². The summed E-state index contributed by atoms with van der Waals surface area (Å²) in [5.74, 6) is -0.693. The highest BCUT2D eigenvalue weighted by molar-refractivity contribution is 7.92. The molecule has 2 aliphatic rings. The Kier molecular flexibility index (Phi) is 8.20. The van der Waals surface area contributed by atoms with E-state index >= 15 is 0 Å². The molecule has 0 saturated heterocycles. The van der Waals surface area contributed by atoms with E-state index in [1.165, 1.54) is 23.5 Å². The Morgan fingerprint density at radius 1 is 1.10 bits per heavy atom. The minimum atomic E-state index is -4.85. The summed E-state index contributed by atoms with van der Waals surface area (Å²) in [6.45, 7) is 0.645. The fourth-order valence-electron chi connectivity index (χ4n) is 3.82. The van der Waals surface area contributed by atoms with E-state index in [2.05, 4.69) is 14.8 Å². The van der Waals surface area contributed by atoms with E-state index in [0.717, 1.165) is 47.5 Å². The molecule has 1 fully saturated rings. The van der Waals surface area contributed by atoms with E-state index in [4.69, 9.17) is 4.74 Å². The Balaban J connectivity index is 1.62. The summed E-state index contributed by atoms with van der Waals surface area (Å²) in [7, 11) is -6.83. The summed E-state index contributed by atoms with van der Waals surface area (Å²) in [6, 6.07) is 7.53. The van der Waals surface area contributed by atoms with E-state index < -0.39 is 56.6 Å². The summed E-state index contributed by atoms with van der Waals surface area (Å²) in [5.41, 5.74) is -3.02. The fraction of sp³-hybridized carbons (Fsp3) is 0.458. The second-order valence-corrected chi connectivity index (χ2v) is 13.7. The summed E-state index contributed by atoms with van der Waals surface area (Å²) in [5, 5.41) is 2.14. The van der Waals surface area contributed by atoms with Gasteiger partial charge in [0.2, 0.25) is 5.60 Å². The number of carbonyl (C=O) groups is 1. The van der Waals surface area contributed by atoms with E-state index in [1.807, 2.05) is 0 Å². The molecule has 1 aliphatic heterocycles. The number of hydrogen-bond acceptors (Lipinski definition) is 7. The number of amides is 1. The van der Waals surface area contributed by atoms with Crippen molar-refractivity contribution in [2.24, 2.45) is 0 Å². The van der Waals surface area contributed by atoms with Gasteiger partial charge in [0.05, 0.1) is 23.7 Å². The molecule has 1 amide bonds. The summed E-state index contributed by atoms with van der Waals surface area (Å²) >= 11 is 0. The highest BCUT2D eigenvalue weighted by Crippen LogP contribution is 2.39. The van der Waals surface area contributed by atoms with Crippen molar-refractivity contribution in [3.05, 3.63) is 48.3 Å². The molecule has 2 N–H and O–H groups in total. The van der Waals surface area contributed by atoms with Crippen LogP contribution in [0.4, 0.5) is 33.7 Å². The van der Waals surface area contributed by atoms with Crippen LogP contribution in [0.25, 0.3) is 0 Å². The van der Waals surface area contributed by atoms with Crippen LogP contribution in [0.2, 0.25) is 0 Å². The van der Waals surface area contributed by atoms with Crippen molar-refractivity contribution in [3.8, 4) is 5.75 Å². The first kappa shape index (κ1) is 30.8. The number of hydrogen-bond donors (Lipinski definition) is 2. The number of carbonyl (C=O) groups excluding carboxylic acids is 1. The van der Waals surface area contributed by atoms with Gasteiger partial charge in [-0.15, -0.1) is 0 Å². The summed E-state index contributed by atoms with van der Waals surface area (Å²) < 4.78 is 120. The van der Waals surface area contributed by atoms with Gasteiger partial charge in [-0.3, -0.25) is 9.62 Å². The van der Waals surface area contributed by atoms with Crippen LogP contribution in [0.1, 0.15) is 26.7 Å². The molecule has 1 heterocycles. The Labute approximate surface area is 234 Å². The Bertz CT molecular complexity index is 1510. The summed E-state index contributed by atoms with van der Waals surface area (Å²) in [4.78, 5) is 11.9. The molecular weight excluding hydrogens is 596 g/mol. The first-order valence-corrected chi connectivity index (χ1v) is 15.2. The maximum Gasteiger partial charge on any atom is 0.427 e. The number of sulfonamides is 1. The Morgan fingerprint density at radius 2 is 1.73 bits per heavy atom. The molecule has 1 aliphatic carbocycles. The van der Waals surface area contributed by atoms with Crippen LogP contribution in [0, 0.1) is 5.82 Å². The molecule has 0 bridgehead atoms. The van der Waals surface area contributed by atoms with Crippen LogP contribution < -0.4 is 19.1 Å². The van der Waals surface area contributed by atoms with Gasteiger partial charge in [-0.25, -0.2) is 17.6 Å². The molecule has 2 aromatic carbocycles. The van der Waals surface area contributed by atoms with E-state index in [9.17, 15) is 39.2 Å². The number of rotatable bonds is 9. The largest absolute Gasteiger partial charge is 0.485 e. The van der Waals surface area contributed by atoms with Crippen LogP contribution in [0.15, 0.2) is 47.4 Å². The average Bonchev–Trinajstić information content (AvgIpc) is 3.71. The van der Waals surface area contributed by atoms with Gasteiger partial charge in [-0.1, -0.05) is 0 Å². The quantitative estimate of drug-likeness (QED) is 0.407. The fourth-order valence-corrected chi connectivity index (χ4v) is 6.53. The molecule has 2 aromatic rings. The van der Waals surface area contributed by atoms with Gasteiger partial charge in [0.15, 0.2) is 0 Å². The zero-order valence-electron chi connectivity index (χ0n) is 22.1. The van der Waals surface area contributed by atoms with Crippen molar-refractivity contribution < 1.29 is 48.7 Å². The maximum absolute atomic E-state index is 13.6. The van der Waals surface area contributed by atoms with Crippen molar-refractivity contribution >= 4 is 37.7 Å². The Hall–Kier alpha value is -3.15. The molecule has 17 heteroatoms. The number of halogens is 4. The second-order valence-electron chi connectivity index (χ2n) is 10.0. The normalized spacial score (nSPS) is 18.0. The van der Waals surface area contributed by atoms with Gasteiger partial charge in [-0.2, -0.15) is 30.6 Å². The van der Waals surface area contributed by atoms with E-state index in [1.54, 1.807) is 0 Å². The lowest BCUT2D eigenvalue weighted by Gasteiger charge is -2.36. The number of nitrogens with zero attached hydrogens (tertiary/aromatic N) is 2. The third kappa shape index (κ3) is 6.85. The lowest BCUT2D eigenvalue weighted by molar-refractivity contribution is -0.242. The highest BCUT2D eigenvalue weighted by atomic mass is 32.2. The molecular formula is C24H28F4N4O7S2. The van der Waals surface area contributed by atoms with Crippen molar-refractivity contribution in [1.82, 2.24) is 9.03 Å². The van der Waals surface area contributed by atoms with Crippen LogP contribution in [-0.2, 0) is 25.0 Å². The van der Waals surface area contributed by atoms with E-state index in [0.29, 0.717) is 13.8 Å². The maximum atomic E-state index is 13.6. The molecule has 1 saturated carbocycles. The first-order valence-electron chi connectivity index (χ1n) is 12.3. The molecule has 0 radical (unpaired) electrons. The average molecular weight is 625 g/mol. The lowest BCUT2D eigenvalue weighted by Crippen LogP contribution is -2.50. The molecule has 41 heavy (non-hydrogen) atoms. The Morgan fingerprint density at radius 3 is 2.32 bits per heavy atom. The molecule has 0 spiro atoms. The predicted octanol–water partition coefficient (Wildman–Crippen LogP) is 3.60. The number of alkyl halides is 3. The number of anilines is 2. The minimum Gasteiger partial charge on any atom is -0.485 e. The lowest BCUT2D eigenvalue weighted by atomic mass is 10.1. The highest BCUT2D eigenvalue weighted by Gasteiger charge is 2.51. The molecule has 0 aromatic heterocycles. The number of ether oxygens (including phenoxy) is 2. The molecule has 1 atom stereocenters. The third-order valence-electron chi connectivity index (χ3n) is 6.50. The topological polar surface area (TPSA) is 134 Å². The van der Waals surface area contributed by atoms with Crippen LogP contribution in [-0.4, -0.2) is 71.3 Å². The standard InChI is InChI=1S/C24H28F4N4O7S2/c1-23(2,24(26,27)28)39-22(33)30-16-6-11-21-20(12-16)32(40(34,35)19-9-4-15(25)5-10-19)14-18(38-21)13-29-41(36,37)31(3)17-7-8-17/h4-6,9-12,17-18,29H,7-8,13-14H2,1-3H3,(H,30,33). The third-order valence-corrected chi connectivity index (χ3v) is 9.88. The molecule has 11 nitrogen and oxygen atoms in total. The minimum absolute atomic E-state index is 0.0174. The van der Waals surface area contributed by atoms with Crippen LogP contribution in [0.3, 0.4) is 0 Å². The number of nitrogens with one attached hydrogen (secondary N) is 2. The first-order chi connectivity index (χ1) is 18.9. The van der Waals surface area contributed by atoms with Crippen molar-refractivity contribution in [3.63, 3.8) is 0 Å². The van der Waals surface area contributed by atoms with Crippen molar-refractivity contribution in [1.29, 1.82) is 0 Å².